The summed E-state index contributed by atoms with van der Waals surface area (Å²) in [7, 11) is 4.15. The van der Waals surface area contributed by atoms with Crippen LogP contribution in [-0.2, 0) is 0 Å². The van der Waals surface area contributed by atoms with Crippen LogP contribution in [0.3, 0.4) is 0 Å². The van der Waals surface area contributed by atoms with E-state index in [1.54, 1.807) is 0 Å². The maximum atomic E-state index is 3.76. The van der Waals surface area contributed by atoms with Crippen molar-refractivity contribution >= 4 is 22.3 Å². The summed E-state index contributed by atoms with van der Waals surface area (Å²) in [6, 6.07) is 26.4. The number of nitrogens with one attached hydrogen (secondary N) is 1. The Morgan fingerprint density at radius 1 is 0.889 bits per heavy atom. The number of benzene rings is 3. The maximum Gasteiger partial charge on any atom is 0.0924 e. The minimum absolute atomic E-state index is 0.128. The first-order valence-corrected chi connectivity index (χ1v) is 9.37. The normalized spacial score (nSPS) is 15.1. The molecule has 27 heavy (non-hydrogen) atoms. The third kappa shape index (κ3) is 2.42. The molecule has 0 spiro atoms. The highest BCUT2D eigenvalue weighted by atomic mass is 15.1. The molecule has 1 N–H and O–H groups in total. The maximum absolute atomic E-state index is 3.76. The van der Waals surface area contributed by atoms with E-state index < -0.39 is 0 Å². The van der Waals surface area contributed by atoms with Gasteiger partial charge in [0.2, 0.25) is 0 Å². The largest absolute Gasteiger partial charge is 0.378 e. The van der Waals surface area contributed by atoms with Crippen LogP contribution in [0.15, 0.2) is 72.8 Å². The van der Waals surface area contributed by atoms with E-state index in [0.29, 0.717) is 0 Å². The quantitative estimate of drug-likeness (QED) is 0.512. The number of anilines is 2. The van der Waals surface area contributed by atoms with Crippen molar-refractivity contribution in [2.75, 3.05) is 24.3 Å². The van der Waals surface area contributed by atoms with Crippen molar-refractivity contribution in [3.8, 4) is 5.69 Å². The van der Waals surface area contributed by atoms with Gasteiger partial charge in [0.1, 0.15) is 0 Å². The molecule has 0 saturated carbocycles. The van der Waals surface area contributed by atoms with Gasteiger partial charge in [-0.1, -0.05) is 36.4 Å². The molecule has 0 aliphatic carbocycles. The first-order chi connectivity index (χ1) is 13.1. The van der Waals surface area contributed by atoms with Crippen LogP contribution in [-0.4, -0.2) is 18.7 Å². The van der Waals surface area contributed by atoms with Crippen LogP contribution in [0.5, 0.6) is 0 Å². The standard InChI is InChI=1S/C24H23N3/c1-16-7-6-10-21-19(16)15-23-24(17-11-13-18(14-12-17)26(2)3)25-20-8-4-5-9-22(20)27(21)23/h4-15,24-25H,1-3H3. The van der Waals surface area contributed by atoms with Crippen molar-refractivity contribution in [3.63, 3.8) is 0 Å². The summed E-state index contributed by atoms with van der Waals surface area (Å²) in [6.07, 6.45) is 0. The molecule has 1 aromatic heterocycles. The molecule has 2 heterocycles. The minimum Gasteiger partial charge on any atom is -0.378 e. The Balaban J connectivity index is 1.74. The van der Waals surface area contributed by atoms with Crippen molar-refractivity contribution in [1.29, 1.82) is 0 Å². The molecule has 5 rings (SSSR count). The summed E-state index contributed by atoms with van der Waals surface area (Å²) in [4.78, 5) is 2.13. The lowest BCUT2D eigenvalue weighted by Gasteiger charge is -2.30. The monoisotopic (exact) mass is 353 g/mol. The van der Waals surface area contributed by atoms with Gasteiger partial charge in [-0.15, -0.1) is 0 Å². The number of para-hydroxylation sites is 2. The van der Waals surface area contributed by atoms with Crippen LogP contribution in [0.25, 0.3) is 16.6 Å². The summed E-state index contributed by atoms with van der Waals surface area (Å²) in [5.41, 5.74) is 8.75. The predicted octanol–water partition coefficient (Wildman–Crippen LogP) is 5.52. The second-order valence-corrected chi connectivity index (χ2v) is 7.49. The number of fused-ring (bicyclic) bond motifs is 5. The van der Waals surface area contributed by atoms with E-state index in [1.807, 2.05) is 0 Å². The summed E-state index contributed by atoms with van der Waals surface area (Å²) in [5.74, 6) is 0. The average molecular weight is 353 g/mol. The molecule has 1 atom stereocenters. The van der Waals surface area contributed by atoms with Gasteiger partial charge in [-0.2, -0.15) is 0 Å². The van der Waals surface area contributed by atoms with E-state index in [0.717, 1.165) is 0 Å². The number of nitrogens with zero attached hydrogens (tertiary/aromatic N) is 2. The number of hydrogen-bond donors (Lipinski definition) is 1. The number of hydrogen-bond acceptors (Lipinski definition) is 2. The molecule has 0 fully saturated rings. The van der Waals surface area contributed by atoms with Gasteiger partial charge < -0.3 is 14.8 Å². The lowest BCUT2D eigenvalue weighted by molar-refractivity contribution is 0.822. The van der Waals surface area contributed by atoms with E-state index in [1.165, 1.54) is 44.8 Å². The van der Waals surface area contributed by atoms with Crippen LogP contribution >= 0.6 is 0 Å². The molecule has 1 unspecified atom stereocenters. The molecule has 0 bridgehead atoms. The number of aryl methyl sites for hydroxylation is 1. The fraction of sp³-hybridized carbons (Fsp3) is 0.167. The number of aromatic nitrogens is 1. The van der Waals surface area contributed by atoms with Crippen molar-refractivity contribution in [1.82, 2.24) is 4.57 Å². The Labute approximate surface area is 159 Å². The molecule has 3 heteroatoms. The Morgan fingerprint density at radius 2 is 1.67 bits per heavy atom. The van der Waals surface area contributed by atoms with E-state index in [4.69, 9.17) is 0 Å². The van der Waals surface area contributed by atoms with Gasteiger partial charge in [0.15, 0.2) is 0 Å². The molecule has 0 saturated heterocycles. The van der Waals surface area contributed by atoms with Crippen LogP contribution in [0, 0.1) is 6.92 Å². The van der Waals surface area contributed by atoms with Crippen LogP contribution in [0.1, 0.15) is 22.9 Å². The average Bonchev–Trinajstić information content (AvgIpc) is 3.09. The third-order valence-electron chi connectivity index (χ3n) is 5.58. The fourth-order valence-corrected chi connectivity index (χ4v) is 4.12. The molecular formula is C24H23N3. The summed E-state index contributed by atoms with van der Waals surface area (Å²) in [5, 5.41) is 5.08. The zero-order chi connectivity index (χ0) is 18.5. The van der Waals surface area contributed by atoms with Gasteiger partial charge >= 0.3 is 0 Å². The summed E-state index contributed by atoms with van der Waals surface area (Å²) < 4.78 is 2.42. The Bertz CT molecular complexity index is 1140. The number of rotatable bonds is 2. The topological polar surface area (TPSA) is 20.2 Å². The second kappa shape index (κ2) is 5.92. The first kappa shape index (κ1) is 16.0. The van der Waals surface area contributed by atoms with Gasteiger partial charge in [-0.05, 0) is 54.4 Å². The van der Waals surface area contributed by atoms with E-state index in [2.05, 4.69) is 109 Å². The van der Waals surface area contributed by atoms with Crippen molar-refractivity contribution in [2.45, 2.75) is 13.0 Å². The molecule has 1 aliphatic heterocycles. The highest BCUT2D eigenvalue weighted by Gasteiger charge is 2.27. The van der Waals surface area contributed by atoms with Crippen LogP contribution in [0.4, 0.5) is 11.4 Å². The Hall–Kier alpha value is -3.20. The lowest BCUT2D eigenvalue weighted by atomic mass is 10.00. The molecule has 1 aliphatic rings. The second-order valence-electron chi connectivity index (χ2n) is 7.49. The van der Waals surface area contributed by atoms with E-state index in [9.17, 15) is 0 Å². The van der Waals surface area contributed by atoms with Gasteiger partial charge in [0.25, 0.3) is 0 Å². The van der Waals surface area contributed by atoms with Crippen molar-refractivity contribution in [2.24, 2.45) is 0 Å². The minimum atomic E-state index is 0.128. The SMILES string of the molecule is Cc1cccc2c1cc1n2-c2ccccc2NC1c1ccc(N(C)C)cc1. The van der Waals surface area contributed by atoms with E-state index >= 15 is 0 Å². The highest BCUT2D eigenvalue weighted by Crippen LogP contribution is 2.41. The van der Waals surface area contributed by atoms with Crippen LogP contribution in [0.2, 0.25) is 0 Å². The molecule has 3 nitrogen and oxygen atoms in total. The van der Waals surface area contributed by atoms with Crippen molar-refractivity contribution in [3.05, 3.63) is 89.6 Å². The zero-order valence-electron chi connectivity index (χ0n) is 15.9. The molecule has 4 aromatic rings. The summed E-state index contributed by atoms with van der Waals surface area (Å²) in [6.45, 7) is 2.19. The molecule has 134 valence electrons. The summed E-state index contributed by atoms with van der Waals surface area (Å²) >= 11 is 0. The van der Waals surface area contributed by atoms with Gasteiger partial charge in [0, 0.05) is 25.2 Å². The molecular weight excluding hydrogens is 330 g/mol. The third-order valence-corrected chi connectivity index (χ3v) is 5.58. The van der Waals surface area contributed by atoms with Crippen LogP contribution < -0.4 is 10.2 Å². The van der Waals surface area contributed by atoms with Gasteiger partial charge in [-0.25, -0.2) is 0 Å². The molecule has 0 radical (unpaired) electrons. The smallest absolute Gasteiger partial charge is 0.0924 e. The molecule has 3 aromatic carbocycles. The predicted molar refractivity (Wildman–Crippen MR) is 114 cm³/mol. The van der Waals surface area contributed by atoms with E-state index in [-0.39, 0.29) is 6.04 Å². The fourth-order valence-electron chi connectivity index (χ4n) is 4.12. The first-order valence-electron chi connectivity index (χ1n) is 9.37. The van der Waals surface area contributed by atoms with Crippen molar-refractivity contribution < 1.29 is 0 Å². The van der Waals surface area contributed by atoms with Gasteiger partial charge in [0.05, 0.1) is 28.6 Å². The Morgan fingerprint density at radius 3 is 2.44 bits per heavy atom. The molecule has 0 amide bonds. The zero-order valence-corrected chi connectivity index (χ0v) is 15.9. The highest BCUT2D eigenvalue weighted by molar-refractivity contribution is 5.89. The van der Waals surface area contributed by atoms with Gasteiger partial charge in [-0.3, -0.25) is 0 Å². The lowest BCUT2D eigenvalue weighted by Crippen LogP contribution is -2.22. The Kier molecular flexibility index (Phi) is 3.51.